The largest absolute Gasteiger partial charge is 0.497 e. The lowest BCUT2D eigenvalue weighted by Gasteiger charge is -2.26. The lowest BCUT2D eigenvalue weighted by molar-refractivity contribution is -0.127. The van der Waals surface area contributed by atoms with Crippen LogP contribution in [0.5, 0.6) is 5.75 Å². The van der Waals surface area contributed by atoms with Crippen molar-refractivity contribution < 1.29 is 19.1 Å². The van der Waals surface area contributed by atoms with Gasteiger partial charge in [-0.05, 0) is 55.4 Å². The topological polar surface area (TPSA) is 99.8 Å². The molecule has 8 nitrogen and oxygen atoms in total. The smallest absolute Gasteiger partial charge is 0.238 e. The second-order valence-corrected chi connectivity index (χ2v) is 7.11. The van der Waals surface area contributed by atoms with Gasteiger partial charge in [0.2, 0.25) is 17.7 Å². The van der Waals surface area contributed by atoms with Crippen molar-refractivity contribution >= 4 is 29.1 Å². The minimum absolute atomic E-state index is 0.0844. The first kappa shape index (κ1) is 23.9. The minimum atomic E-state index is -0.462. The molecular formula is C23H30N4O4. The zero-order valence-electron chi connectivity index (χ0n) is 18.4. The van der Waals surface area contributed by atoms with Crippen LogP contribution in [0.3, 0.4) is 0 Å². The fourth-order valence-corrected chi connectivity index (χ4v) is 2.99. The van der Waals surface area contributed by atoms with E-state index in [0.717, 1.165) is 11.3 Å². The normalized spacial score (nSPS) is 11.5. The average Bonchev–Trinajstić information content (AvgIpc) is 2.76. The van der Waals surface area contributed by atoms with E-state index in [1.807, 2.05) is 31.2 Å². The third-order valence-electron chi connectivity index (χ3n) is 4.79. The van der Waals surface area contributed by atoms with Crippen LogP contribution in [0, 0.1) is 0 Å². The van der Waals surface area contributed by atoms with Gasteiger partial charge in [0.15, 0.2) is 0 Å². The van der Waals surface area contributed by atoms with Gasteiger partial charge in [-0.2, -0.15) is 0 Å². The van der Waals surface area contributed by atoms with Crippen molar-refractivity contribution in [1.82, 2.24) is 10.2 Å². The molecule has 0 aliphatic heterocycles. The Morgan fingerprint density at radius 2 is 1.55 bits per heavy atom. The maximum absolute atomic E-state index is 12.6. The van der Waals surface area contributed by atoms with Crippen LogP contribution >= 0.6 is 0 Å². The molecule has 0 aliphatic carbocycles. The van der Waals surface area contributed by atoms with E-state index in [1.54, 1.807) is 43.2 Å². The van der Waals surface area contributed by atoms with Crippen molar-refractivity contribution in [3.8, 4) is 5.75 Å². The van der Waals surface area contributed by atoms with E-state index in [-0.39, 0.29) is 24.3 Å². The molecule has 0 bridgehead atoms. The van der Waals surface area contributed by atoms with Gasteiger partial charge >= 0.3 is 0 Å². The number of hydrogen-bond acceptors (Lipinski definition) is 5. The number of anilines is 2. The highest BCUT2D eigenvalue weighted by Gasteiger charge is 2.22. The van der Waals surface area contributed by atoms with Crippen molar-refractivity contribution in [2.24, 2.45) is 0 Å². The summed E-state index contributed by atoms with van der Waals surface area (Å²) < 4.78 is 5.13. The molecule has 31 heavy (non-hydrogen) atoms. The van der Waals surface area contributed by atoms with Crippen LogP contribution in [0.4, 0.5) is 11.4 Å². The third kappa shape index (κ3) is 7.75. The summed E-state index contributed by atoms with van der Waals surface area (Å²) in [5, 5.41) is 8.39. The maximum atomic E-state index is 12.6. The number of amides is 3. The number of hydrogen-bond donors (Lipinski definition) is 3. The lowest BCUT2D eigenvalue weighted by atomic mass is 10.2. The van der Waals surface area contributed by atoms with Crippen LogP contribution in [-0.2, 0) is 20.9 Å². The summed E-state index contributed by atoms with van der Waals surface area (Å²) in [6, 6.07) is 13.9. The first-order valence-electron chi connectivity index (χ1n) is 10.1. The molecule has 3 N–H and O–H groups in total. The molecule has 0 saturated heterocycles. The Morgan fingerprint density at radius 3 is 2.06 bits per heavy atom. The van der Waals surface area contributed by atoms with Crippen LogP contribution < -0.4 is 20.7 Å². The van der Waals surface area contributed by atoms with Crippen LogP contribution in [0.25, 0.3) is 0 Å². The molecule has 0 fully saturated rings. The van der Waals surface area contributed by atoms with E-state index < -0.39 is 6.04 Å². The number of rotatable bonds is 10. The number of carbonyl (C=O) groups excluding carboxylic acids is 3. The zero-order chi connectivity index (χ0) is 22.8. The minimum Gasteiger partial charge on any atom is -0.497 e. The van der Waals surface area contributed by atoms with Crippen molar-refractivity contribution in [2.45, 2.75) is 33.4 Å². The summed E-state index contributed by atoms with van der Waals surface area (Å²) in [5.41, 5.74) is 2.24. The molecule has 166 valence electrons. The van der Waals surface area contributed by atoms with Gasteiger partial charge < -0.3 is 20.7 Å². The van der Waals surface area contributed by atoms with Crippen molar-refractivity contribution in [3.63, 3.8) is 0 Å². The fourth-order valence-electron chi connectivity index (χ4n) is 2.99. The monoisotopic (exact) mass is 426 g/mol. The molecule has 0 unspecified atom stereocenters. The summed E-state index contributed by atoms with van der Waals surface area (Å²) in [5.74, 6) is 0.236. The second kappa shape index (κ2) is 11.7. The summed E-state index contributed by atoms with van der Waals surface area (Å²) in [4.78, 5) is 37.9. The van der Waals surface area contributed by atoms with Gasteiger partial charge in [-0.1, -0.05) is 19.1 Å². The highest BCUT2D eigenvalue weighted by atomic mass is 16.5. The van der Waals surface area contributed by atoms with E-state index >= 15 is 0 Å². The molecule has 2 rings (SSSR count). The predicted octanol–water partition coefficient (Wildman–Crippen LogP) is 2.62. The van der Waals surface area contributed by atoms with Crippen molar-refractivity contribution in [3.05, 3.63) is 54.1 Å². The Labute approximate surface area is 183 Å². The summed E-state index contributed by atoms with van der Waals surface area (Å²) in [7, 11) is 1.61. The van der Waals surface area contributed by atoms with E-state index in [0.29, 0.717) is 24.5 Å². The molecule has 0 aliphatic rings. The molecule has 0 saturated carbocycles. The molecule has 3 amide bonds. The van der Waals surface area contributed by atoms with Crippen LogP contribution in [0.2, 0.25) is 0 Å². The van der Waals surface area contributed by atoms with Crippen LogP contribution in [0.1, 0.15) is 26.3 Å². The first-order valence-corrected chi connectivity index (χ1v) is 10.1. The Bertz CT molecular complexity index is 881. The number of ether oxygens (including phenoxy) is 1. The highest BCUT2D eigenvalue weighted by Crippen LogP contribution is 2.14. The molecule has 0 heterocycles. The van der Waals surface area contributed by atoms with Gasteiger partial charge in [-0.25, -0.2) is 0 Å². The van der Waals surface area contributed by atoms with Crippen molar-refractivity contribution in [2.75, 3.05) is 30.8 Å². The zero-order valence-corrected chi connectivity index (χ0v) is 18.4. The third-order valence-corrected chi connectivity index (χ3v) is 4.79. The second-order valence-electron chi connectivity index (χ2n) is 7.11. The van der Waals surface area contributed by atoms with Gasteiger partial charge in [0.05, 0.1) is 19.7 Å². The summed E-state index contributed by atoms with van der Waals surface area (Å²) in [6.07, 6.45) is 0. The Balaban J connectivity index is 1.85. The molecule has 0 aromatic heterocycles. The molecule has 2 aromatic carbocycles. The standard InChI is InChI=1S/C23H30N4O4/c1-5-27(15-22(29)26-20-10-8-19(9-11-20)25-17(3)28)16(2)23(30)24-14-18-6-12-21(31-4)13-7-18/h6-13,16H,5,14-15H2,1-4H3,(H,24,30)(H,25,28)(H,26,29)/t16-/m0/s1. The van der Waals surface area contributed by atoms with Gasteiger partial charge in [-0.15, -0.1) is 0 Å². The van der Waals surface area contributed by atoms with Crippen LogP contribution in [-0.4, -0.2) is 48.9 Å². The first-order chi connectivity index (χ1) is 14.8. The van der Waals surface area contributed by atoms with Gasteiger partial charge in [-0.3, -0.25) is 19.3 Å². The Morgan fingerprint density at radius 1 is 0.968 bits per heavy atom. The predicted molar refractivity (Wildman–Crippen MR) is 121 cm³/mol. The maximum Gasteiger partial charge on any atom is 0.238 e. The van der Waals surface area contributed by atoms with Gasteiger partial charge in [0.25, 0.3) is 0 Å². The van der Waals surface area contributed by atoms with E-state index in [2.05, 4.69) is 16.0 Å². The number of benzene rings is 2. The number of likely N-dealkylation sites (N-methyl/N-ethyl adjacent to an activating group) is 1. The number of methoxy groups -OCH3 is 1. The number of nitrogens with zero attached hydrogens (tertiary/aromatic N) is 1. The summed E-state index contributed by atoms with van der Waals surface area (Å²) >= 11 is 0. The Kier molecular flexibility index (Phi) is 9.02. The van der Waals surface area contributed by atoms with Crippen molar-refractivity contribution in [1.29, 1.82) is 0 Å². The molecular weight excluding hydrogens is 396 g/mol. The van der Waals surface area contributed by atoms with E-state index in [1.165, 1.54) is 6.92 Å². The van der Waals surface area contributed by atoms with E-state index in [4.69, 9.17) is 4.74 Å². The number of carbonyl (C=O) groups is 3. The summed E-state index contributed by atoms with van der Waals surface area (Å²) in [6.45, 7) is 6.15. The molecule has 0 spiro atoms. The van der Waals surface area contributed by atoms with Gasteiger partial charge in [0.1, 0.15) is 5.75 Å². The van der Waals surface area contributed by atoms with E-state index in [9.17, 15) is 14.4 Å². The molecule has 1 atom stereocenters. The number of nitrogens with one attached hydrogen (secondary N) is 3. The SMILES string of the molecule is CCN(CC(=O)Nc1ccc(NC(C)=O)cc1)[C@@H](C)C(=O)NCc1ccc(OC)cc1. The lowest BCUT2D eigenvalue weighted by Crippen LogP contribution is -2.47. The molecule has 2 aromatic rings. The fraction of sp³-hybridized carbons (Fsp3) is 0.348. The van der Waals surface area contributed by atoms with Gasteiger partial charge in [0, 0.05) is 24.8 Å². The highest BCUT2D eigenvalue weighted by molar-refractivity contribution is 5.93. The van der Waals surface area contributed by atoms with Crippen LogP contribution in [0.15, 0.2) is 48.5 Å². The quantitative estimate of drug-likeness (QED) is 0.542. The molecule has 8 heteroatoms. The molecule has 0 radical (unpaired) electrons. The Hall–Kier alpha value is -3.39. The average molecular weight is 427 g/mol.